The molecule has 1 heterocycles. The number of allylic oxidation sites excluding steroid dienone is 7. The van der Waals surface area contributed by atoms with E-state index in [9.17, 15) is 0 Å². The molecule has 1 aromatic heterocycles. The van der Waals surface area contributed by atoms with Crippen molar-refractivity contribution in [3.05, 3.63) is 205 Å². The van der Waals surface area contributed by atoms with Crippen LogP contribution in [0.4, 0.5) is 22.7 Å². The van der Waals surface area contributed by atoms with Gasteiger partial charge in [0, 0.05) is 56.8 Å². The number of hydrogen-bond acceptors (Lipinski definition) is 5. The average molecular weight is 728 g/mol. The lowest BCUT2D eigenvalue weighted by atomic mass is 10.0. The van der Waals surface area contributed by atoms with Crippen LogP contribution in [0.2, 0.25) is 0 Å². The van der Waals surface area contributed by atoms with Crippen molar-refractivity contribution in [2.75, 3.05) is 16.8 Å². The van der Waals surface area contributed by atoms with Gasteiger partial charge in [0.25, 0.3) is 0 Å². The molecule has 54 heavy (non-hydrogen) atoms. The minimum atomic E-state index is -0.261. The van der Waals surface area contributed by atoms with E-state index in [1.165, 1.54) is 10.9 Å². The third-order valence-corrected chi connectivity index (χ3v) is 9.59. The summed E-state index contributed by atoms with van der Waals surface area (Å²) in [4.78, 5) is 8.32. The van der Waals surface area contributed by atoms with Gasteiger partial charge in [0.05, 0.1) is 6.04 Å². The highest BCUT2D eigenvalue weighted by Crippen LogP contribution is 2.39. The fourth-order valence-electron chi connectivity index (χ4n) is 6.74. The number of aromatic amines is 1. The monoisotopic (exact) mass is 727 g/mol. The van der Waals surface area contributed by atoms with Gasteiger partial charge >= 0.3 is 0 Å². The zero-order valence-electron chi connectivity index (χ0n) is 30.2. The van der Waals surface area contributed by atoms with Crippen LogP contribution in [0.1, 0.15) is 23.6 Å². The van der Waals surface area contributed by atoms with Crippen LogP contribution in [0, 0.1) is 5.41 Å². The molecule has 7 rings (SSSR count). The van der Waals surface area contributed by atoms with Crippen molar-refractivity contribution >= 4 is 61.3 Å². The number of halogens is 1. The first-order valence-electron chi connectivity index (χ1n) is 17.9. The number of anilines is 4. The molecule has 0 saturated heterocycles. The Hall–Kier alpha value is -6.34. The van der Waals surface area contributed by atoms with Crippen molar-refractivity contribution in [3.8, 4) is 0 Å². The number of nitrogens with zero attached hydrogens (tertiary/aromatic N) is 2. The van der Waals surface area contributed by atoms with Crippen LogP contribution in [-0.2, 0) is 11.3 Å². The molecule has 1 aliphatic rings. The van der Waals surface area contributed by atoms with E-state index >= 15 is 0 Å². The van der Waals surface area contributed by atoms with Crippen LogP contribution < -0.4 is 15.1 Å². The van der Waals surface area contributed by atoms with Gasteiger partial charge in [-0.25, -0.2) is 0 Å². The van der Waals surface area contributed by atoms with Crippen molar-refractivity contribution in [1.29, 1.82) is 5.41 Å². The number of rotatable bonds is 14. The zero-order chi connectivity index (χ0) is 37.4. The maximum atomic E-state index is 7.52. The van der Waals surface area contributed by atoms with Crippen LogP contribution in [0.15, 0.2) is 194 Å². The van der Waals surface area contributed by atoms with Crippen molar-refractivity contribution in [1.82, 2.24) is 10.3 Å². The summed E-state index contributed by atoms with van der Waals surface area (Å²) in [6.07, 6.45) is 15.6. The van der Waals surface area contributed by atoms with Gasteiger partial charge < -0.3 is 24.8 Å². The number of hydrogen-bond donors (Lipinski definition) is 3. The Morgan fingerprint density at radius 1 is 0.833 bits per heavy atom. The highest BCUT2D eigenvalue weighted by molar-refractivity contribution is 6.68. The smallest absolute Gasteiger partial charge is 0.163 e. The molecule has 0 radical (unpaired) electrons. The molecule has 0 saturated carbocycles. The van der Waals surface area contributed by atoms with Crippen LogP contribution in [0.3, 0.4) is 0 Å². The van der Waals surface area contributed by atoms with Crippen LogP contribution >= 0.6 is 11.6 Å². The molecule has 1 unspecified atom stereocenters. The second kappa shape index (κ2) is 16.6. The van der Waals surface area contributed by atoms with Gasteiger partial charge in [0.15, 0.2) is 10.9 Å². The Labute approximate surface area is 321 Å². The number of aromatic nitrogens is 1. The zero-order valence-corrected chi connectivity index (χ0v) is 30.9. The summed E-state index contributed by atoms with van der Waals surface area (Å²) in [6, 6.07) is 42.7. The third-order valence-electron chi connectivity index (χ3n) is 9.38. The molecule has 268 valence electrons. The Morgan fingerprint density at radius 2 is 1.52 bits per heavy atom. The summed E-state index contributed by atoms with van der Waals surface area (Å²) < 4.78 is 5.48. The number of para-hydroxylation sites is 2. The standard InChI is InChI=1S/C47H42ClN5O/c1-33(54-34(2)47(48)49)23-26-44(50-3)36-15-14-22-40(30-36)53(39-20-12-7-13-21-39)41-25-28-46-43(31-41)42-29-35(24-27-45(42)51-46)32-52(38-18-10-6-11-19-38)37-16-8-4-5-9-17-37/h4,6-31,44,49-51H,1-2,5,32H2,3H3/b26-23-,49-47?. The van der Waals surface area contributed by atoms with Crippen molar-refractivity contribution < 1.29 is 4.74 Å². The number of H-pyrrole nitrogens is 1. The summed E-state index contributed by atoms with van der Waals surface area (Å²) in [5, 5.41) is 13.0. The van der Waals surface area contributed by atoms with Crippen LogP contribution in [-0.4, -0.2) is 17.2 Å². The average Bonchev–Trinajstić information content (AvgIpc) is 3.34. The highest BCUT2D eigenvalue weighted by Gasteiger charge is 2.18. The fourth-order valence-corrected chi connectivity index (χ4v) is 6.77. The first-order chi connectivity index (χ1) is 26.4. The van der Waals surface area contributed by atoms with Crippen LogP contribution in [0.25, 0.3) is 21.8 Å². The summed E-state index contributed by atoms with van der Waals surface area (Å²) in [5.41, 5.74) is 9.88. The SMILES string of the molecule is C=C(/C=C\C(NC)c1cccc(N(c2ccccc2)c2ccc3[nH]c4ccc(CN(C5=CC=CCC=C5)c5ccccc5)cc4c3c2)c1)OC(=C)C(=N)Cl. The molecule has 0 fully saturated rings. The third kappa shape index (κ3) is 8.16. The van der Waals surface area contributed by atoms with Gasteiger partial charge in [-0.15, -0.1) is 0 Å². The van der Waals surface area contributed by atoms with Gasteiger partial charge in [-0.3, -0.25) is 5.41 Å². The largest absolute Gasteiger partial charge is 0.455 e. The minimum absolute atomic E-state index is 0.0490. The predicted octanol–water partition coefficient (Wildman–Crippen LogP) is 12.3. The molecule has 7 heteroatoms. The molecule has 1 aliphatic carbocycles. The Kier molecular flexibility index (Phi) is 11.0. The molecule has 6 nitrogen and oxygen atoms in total. The molecular formula is C47H42ClN5O. The molecule has 0 aliphatic heterocycles. The lowest BCUT2D eigenvalue weighted by molar-refractivity contribution is 0.349. The number of nitrogens with one attached hydrogen (secondary N) is 3. The maximum absolute atomic E-state index is 7.52. The molecule has 3 N–H and O–H groups in total. The summed E-state index contributed by atoms with van der Waals surface area (Å²) in [5.74, 6) is 0.388. The number of likely N-dealkylation sites (N-methyl/N-ethyl adjacent to an activating group) is 1. The Balaban J connectivity index is 1.25. The lowest BCUT2D eigenvalue weighted by Crippen LogP contribution is -2.20. The van der Waals surface area contributed by atoms with E-state index in [0.29, 0.717) is 5.76 Å². The normalized spacial score (nSPS) is 13.1. The summed E-state index contributed by atoms with van der Waals surface area (Å²) in [6.45, 7) is 8.32. The van der Waals surface area contributed by atoms with Crippen molar-refractivity contribution in [3.63, 3.8) is 0 Å². The second-order valence-corrected chi connectivity index (χ2v) is 13.4. The lowest BCUT2D eigenvalue weighted by Gasteiger charge is -2.27. The van der Waals surface area contributed by atoms with Gasteiger partial charge in [0.1, 0.15) is 5.76 Å². The number of fused-ring (bicyclic) bond motifs is 3. The summed E-state index contributed by atoms with van der Waals surface area (Å²) >= 11 is 5.71. The van der Waals surface area contributed by atoms with Crippen LogP contribution in [0.5, 0.6) is 0 Å². The van der Waals surface area contributed by atoms with Gasteiger partial charge in [-0.05, 0) is 110 Å². The van der Waals surface area contributed by atoms with E-state index in [1.54, 1.807) is 6.08 Å². The molecule has 0 amide bonds. The van der Waals surface area contributed by atoms with E-state index in [0.717, 1.165) is 63.4 Å². The fraction of sp³-hybridized carbons (Fsp3) is 0.0851. The van der Waals surface area contributed by atoms with E-state index in [-0.39, 0.29) is 17.0 Å². The molecule has 0 spiro atoms. The first-order valence-corrected chi connectivity index (χ1v) is 18.3. The minimum Gasteiger partial charge on any atom is -0.455 e. The van der Waals surface area contributed by atoms with Gasteiger partial charge in [-0.1, -0.05) is 104 Å². The quantitative estimate of drug-likeness (QED) is 0.0594. The Bertz CT molecular complexity index is 2440. The number of benzene rings is 5. The first kappa shape index (κ1) is 36.0. The topological polar surface area (TPSA) is 67.4 Å². The second-order valence-electron chi connectivity index (χ2n) is 13.0. The van der Waals surface area contributed by atoms with Gasteiger partial charge in [0.2, 0.25) is 0 Å². The van der Waals surface area contributed by atoms with E-state index in [2.05, 4.69) is 179 Å². The highest BCUT2D eigenvalue weighted by atomic mass is 35.5. The summed E-state index contributed by atoms with van der Waals surface area (Å²) in [7, 11) is 1.91. The molecule has 1 atom stereocenters. The van der Waals surface area contributed by atoms with Crippen molar-refractivity contribution in [2.24, 2.45) is 0 Å². The molecule has 0 bridgehead atoms. The molecular weight excluding hydrogens is 686 g/mol. The van der Waals surface area contributed by atoms with Gasteiger partial charge in [-0.2, -0.15) is 0 Å². The van der Waals surface area contributed by atoms with E-state index in [1.807, 2.05) is 19.2 Å². The van der Waals surface area contributed by atoms with E-state index in [4.69, 9.17) is 21.7 Å². The predicted molar refractivity (Wildman–Crippen MR) is 228 cm³/mol. The van der Waals surface area contributed by atoms with Crippen molar-refractivity contribution in [2.45, 2.75) is 19.0 Å². The van der Waals surface area contributed by atoms with E-state index < -0.39 is 0 Å². The molecule has 6 aromatic rings. The number of ether oxygens (including phenoxy) is 1. The maximum Gasteiger partial charge on any atom is 0.163 e. The Morgan fingerprint density at radius 3 is 2.26 bits per heavy atom. The molecule has 5 aromatic carbocycles.